The van der Waals surface area contributed by atoms with E-state index < -0.39 is 47.6 Å². The van der Waals surface area contributed by atoms with Crippen LogP contribution in [0.2, 0.25) is 0 Å². The Bertz CT molecular complexity index is 591. The predicted molar refractivity (Wildman–Crippen MR) is 45.9 cm³/mol. The summed E-state index contributed by atoms with van der Waals surface area (Å²) in [6.07, 6.45) is -6.22. The molecule has 0 aromatic rings. The lowest BCUT2D eigenvalue weighted by Crippen LogP contribution is -2.50. The first-order chi connectivity index (χ1) is 9.25. The van der Waals surface area contributed by atoms with Crippen molar-refractivity contribution in [3.63, 3.8) is 0 Å². The molecule has 0 aliphatic carbocycles. The van der Waals surface area contributed by atoms with Gasteiger partial charge in [0.05, 0.1) is 0 Å². The van der Waals surface area contributed by atoms with Crippen molar-refractivity contribution in [3.05, 3.63) is 0 Å². The Kier molecular flexibility index (Phi) is 5.12. The molecule has 132 valence electrons. The van der Waals surface area contributed by atoms with Crippen LogP contribution in [0.25, 0.3) is 0 Å². The summed E-state index contributed by atoms with van der Waals surface area (Å²) < 4.78 is 147. The van der Waals surface area contributed by atoms with Crippen molar-refractivity contribution in [1.82, 2.24) is 0 Å². The fourth-order valence-corrected chi connectivity index (χ4v) is 3.90. The minimum Gasteiger partial charge on any atom is -0.371 e. The Balaban J connectivity index is 6.36. The van der Waals surface area contributed by atoms with Crippen LogP contribution in [0.5, 0.6) is 0 Å². The highest BCUT2D eigenvalue weighted by Gasteiger charge is 2.67. The van der Waals surface area contributed by atoms with Crippen LogP contribution < -0.4 is 0 Å². The van der Waals surface area contributed by atoms with Crippen LogP contribution >= 0.6 is 0 Å². The van der Waals surface area contributed by atoms with Gasteiger partial charge in [-0.25, -0.2) is 21.6 Å². The molecular formula is C5HF9O6S2. The van der Waals surface area contributed by atoms with E-state index >= 15 is 0 Å². The van der Waals surface area contributed by atoms with Crippen molar-refractivity contribution in [1.29, 1.82) is 0 Å². The molecule has 0 radical (unpaired) electrons. The van der Waals surface area contributed by atoms with Gasteiger partial charge in [0.2, 0.25) is 0 Å². The summed E-state index contributed by atoms with van der Waals surface area (Å²) in [6, 6.07) is 0. The first-order valence-corrected chi connectivity index (χ1v) is 7.24. The van der Waals surface area contributed by atoms with Crippen molar-refractivity contribution in [2.75, 3.05) is 0 Å². The molecule has 0 rings (SSSR count). The monoisotopic (exact) mass is 392 g/mol. The third-order valence-corrected chi connectivity index (χ3v) is 5.94. The first-order valence-electron chi connectivity index (χ1n) is 4.15. The number of rotatable bonds is 3. The van der Waals surface area contributed by atoms with Crippen LogP contribution in [0.15, 0.2) is 0 Å². The Morgan fingerprint density at radius 3 is 1.18 bits per heavy atom. The molecule has 0 bridgehead atoms. The second kappa shape index (κ2) is 5.43. The molecule has 0 aromatic heterocycles. The topological polar surface area (TPSA) is 94.6 Å². The maximum absolute atomic E-state index is 12.1. The lowest BCUT2D eigenvalue weighted by atomic mass is 10.8. The molecule has 0 N–H and O–H groups in total. The summed E-state index contributed by atoms with van der Waals surface area (Å²) in [4.78, 5) is 10.6. The molecule has 17 heteroatoms. The van der Waals surface area contributed by atoms with E-state index in [9.17, 15) is 61.1 Å². The second-order valence-electron chi connectivity index (χ2n) is 3.18. The van der Waals surface area contributed by atoms with E-state index in [0.29, 0.717) is 0 Å². The Morgan fingerprint density at radius 1 is 0.727 bits per heavy atom. The molecule has 0 aliphatic heterocycles. The lowest BCUT2D eigenvalue weighted by molar-refractivity contribution is -0.304. The first kappa shape index (κ1) is 20.7. The van der Waals surface area contributed by atoms with Gasteiger partial charge < -0.3 is 4.74 Å². The quantitative estimate of drug-likeness (QED) is 0.530. The Labute approximate surface area is 114 Å². The van der Waals surface area contributed by atoms with Crippen molar-refractivity contribution in [2.24, 2.45) is 0 Å². The summed E-state index contributed by atoms with van der Waals surface area (Å²) in [5.74, 6) is -3.82. The standard InChI is InChI=1S/C5HF9O6S2/c6-3(7,8)20-1(15)2(21(16,17)4(9,10)11)22(18,19)5(12,13)14/h2H. The van der Waals surface area contributed by atoms with E-state index in [0.717, 1.165) is 0 Å². The number of hydrogen-bond donors (Lipinski definition) is 0. The fraction of sp³-hybridized carbons (Fsp3) is 0.800. The van der Waals surface area contributed by atoms with Gasteiger partial charge in [0.15, 0.2) is 0 Å². The zero-order valence-corrected chi connectivity index (χ0v) is 10.9. The van der Waals surface area contributed by atoms with Crippen LogP contribution in [-0.4, -0.2) is 44.8 Å². The third-order valence-electron chi connectivity index (χ3n) is 1.62. The number of ether oxygens (including phenoxy) is 1. The number of halogens is 9. The molecule has 0 fully saturated rings. The van der Waals surface area contributed by atoms with Gasteiger partial charge in [-0.05, 0) is 0 Å². The number of esters is 1. The zero-order chi connectivity index (χ0) is 18.4. The van der Waals surface area contributed by atoms with Crippen molar-refractivity contribution in [2.45, 2.75) is 22.0 Å². The van der Waals surface area contributed by atoms with E-state index in [4.69, 9.17) is 0 Å². The number of hydrogen-bond acceptors (Lipinski definition) is 6. The summed E-state index contributed by atoms with van der Waals surface area (Å²) in [6.45, 7) is 0. The molecule has 0 atom stereocenters. The van der Waals surface area contributed by atoms with E-state index in [-0.39, 0.29) is 0 Å². The SMILES string of the molecule is O=C(OC(F)(F)F)C(S(=O)(=O)C(F)(F)F)S(=O)(=O)C(F)(F)F. The molecule has 0 heterocycles. The molecule has 0 aromatic carbocycles. The summed E-state index contributed by atoms with van der Waals surface area (Å²) >= 11 is 0. The van der Waals surface area contributed by atoms with Crippen LogP contribution in [0.4, 0.5) is 39.5 Å². The molecule has 6 nitrogen and oxygen atoms in total. The Morgan fingerprint density at radius 2 is 1.00 bits per heavy atom. The molecule has 0 saturated heterocycles. The van der Waals surface area contributed by atoms with E-state index in [1.807, 2.05) is 0 Å². The van der Waals surface area contributed by atoms with Gasteiger partial charge in [0.1, 0.15) is 0 Å². The van der Waals surface area contributed by atoms with E-state index in [1.165, 1.54) is 0 Å². The number of alkyl halides is 9. The van der Waals surface area contributed by atoms with Crippen LogP contribution in [0.1, 0.15) is 0 Å². The molecule has 22 heavy (non-hydrogen) atoms. The van der Waals surface area contributed by atoms with Gasteiger partial charge in [0.25, 0.3) is 24.3 Å². The highest BCUT2D eigenvalue weighted by Crippen LogP contribution is 2.37. The Hall–Kier alpha value is -1.26. The van der Waals surface area contributed by atoms with Gasteiger partial charge in [-0.2, -0.15) is 26.3 Å². The summed E-state index contributed by atoms with van der Waals surface area (Å²) in [5.41, 5.74) is -13.6. The lowest BCUT2D eigenvalue weighted by Gasteiger charge is -2.20. The normalized spacial score (nSPS) is 15.0. The van der Waals surface area contributed by atoms with Crippen molar-refractivity contribution in [3.8, 4) is 0 Å². The summed E-state index contributed by atoms with van der Waals surface area (Å²) in [5, 5.41) is 0. The molecular weight excluding hydrogens is 391 g/mol. The minimum absolute atomic E-state index is 2.07. The van der Waals surface area contributed by atoms with Gasteiger partial charge in [0, 0.05) is 0 Å². The largest absolute Gasteiger partial charge is 0.575 e. The van der Waals surface area contributed by atoms with Crippen LogP contribution in [0.3, 0.4) is 0 Å². The average molecular weight is 392 g/mol. The highest BCUT2D eigenvalue weighted by atomic mass is 32.3. The number of carbonyl (C=O) groups is 1. The maximum atomic E-state index is 12.1. The molecule has 0 unspecified atom stereocenters. The molecule has 0 aliphatic rings. The average Bonchev–Trinajstić information content (AvgIpc) is 2.08. The van der Waals surface area contributed by atoms with E-state index in [1.54, 1.807) is 0 Å². The number of sulfone groups is 2. The van der Waals surface area contributed by atoms with Crippen LogP contribution in [0, 0.1) is 0 Å². The van der Waals surface area contributed by atoms with Gasteiger partial charge in [-0.1, -0.05) is 0 Å². The fourth-order valence-electron chi connectivity index (χ4n) is 0.825. The summed E-state index contributed by atoms with van der Waals surface area (Å²) in [7, 11) is -15.1. The van der Waals surface area contributed by atoms with Gasteiger partial charge >= 0.3 is 23.3 Å². The highest BCUT2D eigenvalue weighted by molar-refractivity contribution is 8.10. The smallest absolute Gasteiger partial charge is 0.371 e. The molecule has 0 amide bonds. The molecule has 0 spiro atoms. The maximum Gasteiger partial charge on any atom is 0.575 e. The van der Waals surface area contributed by atoms with Crippen molar-refractivity contribution >= 4 is 25.6 Å². The third kappa shape index (κ3) is 4.14. The van der Waals surface area contributed by atoms with Gasteiger partial charge in [-0.15, -0.1) is 13.2 Å². The second-order valence-corrected chi connectivity index (χ2v) is 7.53. The zero-order valence-electron chi connectivity index (χ0n) is 9.25. The van der Waals surface area contributed by atoms with Crippen molar-refractivity contribution < 1.29 is 65.9 Å². The van der Waals surface area contributed by atoms with Gasteiger partial charge in [-0.3, -0.25) is 0 Å². The predicted octanol–water partition coefficient (Wildman–Crippen LogP) is 1.24. The van der Waals surface area contributed by atoms with E-state index in [2.05, 4.69) is 4.74 Å². The minimum atomic E-state index is -7.53. The van der Waals surface area contributed by atoms with Crippen LogP contribution in [-0.2, 0) is 29.2 Å². The number of carbonyl (C=O) groups excluding carboxylic acids is 1. The molecule has 0 saturated carbocycles.